The minimum absolute atomic E-state index is 0.153. The van der Waals surface area contributed by atoms with E-state index in [1.807, 2.05) is 0 Å². The molecular weight excluding hydrogens is 227 g/mol. The van der Waals surface area contributed by atoms with Crippen LogP contribution in [0.1, 0.15) is 20.3 Å². The zero-order chi connectivity index (χ0) is 12.0. The van der Waals surface area contributed by atoms with E-state index in [1.165, 1.54) is 6.07 Å². The van der Waals surface area contributed by atoms with Crippen molar-refractivity contribution in [2.45, 2.75) is 26.3 Å². The fourth-order valence-electron chi connectivity index (χ4n) is 1.28. The molecule has 0 saturated heterocycles. The van der Waals surface area contributed by atoms with Crippen LogP contribution in [0.3, 0.4) is 0 Å². The van der Waals surface area contributed by atoms with Crippen LogP contribution >= 0.6 is 11.6 Å². The Labute approximate surface area is 101 Å². The molecular formula is C12H18ClFN2. The molecule has 90 valence electrons. The molecule has 0 aromatic heterocycles. The molecule has 4 heteroatoms. The number of halogens is 2. The number of hydrogen-bond donors (Lipinski definition) is 2. The lowest BCUT2D eigenvalue weighted by Gasteiger charge is -2.12. The highest BCUT2D eigenvalue weighted by atomic mass is 35.5. The SMILES string of the molecule is CCC(C)NCCNc1ccc(F)c(Cl)c1. The average Bonchev–Trinajstić information content (AvgIpc) is 2.28. The number of anilines is 1. The van der Waals surface area contributed by atoms with Crippen LogP contribution in [0.2, 0.25) is 5.02 Å². The van der Waals surface area contributed by atoms with Crippen molar-refractivity contribution in [3.05, 3.63) is 29.0 Å². The quantitative estimate of drug-likeness (QED) is 0.751. The van der Waals surface area contributed by atoms with Crippen LogP contribution in [-0.4, -0.2) is 19.1 Å². The van der Waals surface area contributed by atoms with Crippen LogP contribution in [0.4, 0.5) is 10.1 Å². The normalized spacial score (nSPS) is 12.5. The maximum Gasteiger partial charge on any atom is 0.141 e. The Balaban J connectivity index is 2.29. The second-order valence-corrected chi connectivity index (χ2v) is 4.23. The first kappa shape index (κ1) is 13.3. The molecule has 0 saturated carbocycles. The summed E-state index contributed by atoms with van der Waals surface area (Å²) in [5.41, 5.74) is 0.845. The van der Waals surface area contributed by atoms with E-state index in [1.54, 1.807) is 12.1 Å². The van der Waals surface area contributed by atoms with Gasteiger partial charge in [-0.3, -0.25) is 0 Å². The molecule has 0 radical (unpaired) electrons. The summed E-state index contributed by atoms with van der Waals surface area (Å²) in [5.74, 6) is -0.384. The van der Waals surface area contributed by atoms with E-state index in [0.717, 1.165) is 25.2 Å². The predicted octanol–water partition coefficient (Wildman–Crippen LogP) is 3.28. The van der Waals surface area contributed by atoms with Gasteiger partial charge in [-0.25, -0.2) is 4.39 Å². The fourth-order valence-corrected chi connectivity index (χ4v) is 1.46. The van der Waals surface area contributed by atoms with E-state index in [-0.39, 0.29) is 10.8 Å². The van der Waals surface area contributed by atoms with Gasteiger partial charge in [-0.1, -0.05) is 18.5 Å². The monoisotopic (exact) mass is 244 g/mol. The molecule has 0 aliphatic rings. The summed E-state index contributed by atoms with van der Waals surface area (Å²) in [6.45, 7) is 5.97. The minimum Gasteiger partial charge on any atom is -0.384 e. The molecule has 1 rings (SSSR count). The average molecular weight is 245 g/mol. The van der Waals surface area contributed by atoms with Gasteiger partial charge in [-0.05, 0) is 31.5 Å². The van der Waals surface area contributed by atoms with E-state index in [4.69, 9.17) is 11.6 Å². The molecule has 0 aliphatic carbocycles. The molecule has 0 amide bonds. The standard InChI is InChI=1S/C12H18ClFN2/c1-3-9(2)15-6-7-16-10-4-5-12(14)11(13)8-10/h4-5,8-9,15-16H,3,6-7H2,1-2H3. The maximum absolute atomic E-state index is 12.9. The minimum atomic E-state index is -0.384. The lowest BCUT2D eigenvalue weighted by Crippen LogP contribution is -2.30. The molecule has 1 atom stereocenters. The molecule has 0 fully saturated rings. The Bertz CT molecular complexity index is 331. The first-order valence-electron chi connectivity index (χ1n) is 5.55. The third-order valence-corrected chi connectivity index (χ3v) is 2.77. The van der Waals surface area contributed by atoms with Gasteiger partial charge >= 0.3 is 0 Å². The maximum atomic E-state index is 12.9. The van der Waals surface area contributed by atoms with Crippen molar-refractivity contribution in [1.82, 2.24) is 5.32 Å². The van der Waals surface area contributed by atoms with Crippen LogP contribution in [-0.2, 0) is 0 Å². The van der Waals surface area contributed by atoms with Gasteiger partial charge in [0, 0.05) is 24.8 Å². The van der Waals surface area contributed by atoms with Gasteiger partial charge in [0.1, 0.15) is 5.82 Å². The van der Waals surface area contributed by atoms with Gasteiger partial charge in [0.25, 0.3) is 0 Å². The predicted molar refractivity (Wildman–Crippen MR) is 67.7 cm³/mol. The number of hydrogen-bond acceptors (Lipinski definition) is 2. The smallest absolute Gasteiger partial charge is 0.141 e. The summed E-state index contributed by atoms with van der Waals surface area (Å²) in [6, 6.07) is 5.18. The van der Waals surface area contributed by atoms with E-state index in [9.17, 15) is 4.39 Å². The lowest BCUT2D eigenvalue weighted by atomic mass is 10.2. The second kappa shape index (κ2) is 6.71. The van der Waals surface area contributed by atoms with Gasteiger partial charge in [-0.2, -0.15) is 0 Å². The Hall–Kier alpha value is -0.800. The van der Waals surface area contributed by atoms with Gasteiger partial charge in [0.2, 0.25) is 0 Å². The van der Waals surface area contributed by atoms with Crippen LogP contribution in [0.25, 0.3) is 0 Å². The van der Waals surface area contributed by atoms with Crippen LogP contribution in [0.15, 0.2) is 18.2 Å². The van der Waals surface area contributed by atoms with Crippen LogP contribution in [0, 0.1) is 5.82 Å². The summed E-state index contributed by atoms with van der Waals surface area (Å²) >= 11 is 5.67. The largest absolute Gasteiger partial charge is 0.384 e. The zero-order valence-corrected chi connectivity index (χ0v) is 10.4. The van der Waals surface area contributed by atoms with E-state index < -0.39 is 0 Å². The third kappa shape index (κ3) is 4.37. The number of nitrogens with one attached hydrogen (secondary N) is 2. The summed E-state index contributed by atoms with van der Waals surface area (Å²) in [4.78, 5) is 0. The molecule has 0 bridgehead atoms. The summed E-state index contributed by atoms with van der Waals surface area (Å²) in [6.07, 6.45) is 1.11. The molecule has 16 heavy (non-hydrogen) atoms. The lowest BCUT2D eigenvalue weighted by molar-refractivity contribution is 0.546. The first-order chi connectivity index (χ1) is 7.63. The molecule has 0 spiro atoms. The Morgan fingerprint density at radius 1 is 1.38 bits per heavy atom. The van der Waals surface area contributed by atoms with Crippen molar-refractivity contribution < 1.29 is 4.39 Å². The van der Waals surface area contributed by atoms with E-state index in [2.05, 4.69) is 24.5 Å². The molecule has 1 aromatic carbocycles. The van der Waals surface area contributed by atoms with Gasteiger partial charge in [0.05, 0.1) is 5.02 Å². The van der Waals surface area contributed by atoms with E-state index in [0.29, 0.717) is 6.04 Å². The summed E-state index contributed by atoms with van der Waals surface area (Å²) in [7, 11) is 0. The van der Waals surface area contributed by atoms with Gasteiger partial charge in [-0.15, -0.1) is 0 Å². The Morgan fingerprint density at radius 2 is 2.12 bits per heavy atom. The fraction of sp³-hybridized carbons (Fsp3) is 0.500. The topological polar surface area (TPSA) is 24.1 Å². The molecule has 0 heterocycles. The highest BCUT2D eigenvalue weighted by Crippen LogP contribution is 2.18. The van der Waals surface area contributed by atoms with Crippen LogP contribution in [0.5, 0.6) is 0 Å². The van der Waals surface area contributed by atoms with Crippen molar-refractivity contribution in [2.75, 3.05) is 18.4 Å². The summed E-state index contributed by atoms with van der Waals surface area (Å²) in [5, 5.41) is 6.69. The highest BCUT2D eigenvalue weighted by molar-refractivity contribution is 6.31. The highest BCUT2D eigenvalue weighted by Gasteiger charge is 2.00. The van der Waals surface area contributed by atoms with Crippen molar-refractivity contribution in [3.63, 3.8) is 0 Å². The second-order valence-electron chi connectivity index (χ2n) is 3.82. The molecule has 1 unspecified atom stereocenters. The molecule has 2 N–H and O–H groups in total. The molecule has 1 aromatic rings. The van der Waals surface area contributed by atoms with Crippen molar-refractivity contribution >= 4 is 17.3 Å². The number of rotatable bonds is 6. The number of benzene rings is 1. The zero-order valence-electron chi connectivity index (χ0n) is 9.69. The van der Waals surface area contributed by atoms with Crippen molar-refractivity contribution in [1.29, 1.82) is 0 Å². The van der Waals surface area contributed by atoms with Gasteiger partial charge < -0.3 is 10.6 Å². The Kier molecular flexibility index (Phi) is 5.56. The third-order valence-electron chi connectivity index (χ3n) is 2.48. The van der Waals surface area contributed by atoms with Crippen molar-refractivity contribution in [3.8, 4) is 0 Å². The van der Waals surface area contributed by atoms with Gasteiger partial charge in [0.15, 0.2) is 0 Å². The Morgan fingerprint density at radius 3 is 2.75 bits per heavy atom. The molecule has 2 nitrogen and oxygen atoms in total. The van der Waals surface area contributed by atoms with E-state index >= 15 is 0 Å². The molecule has 0 aliphatic heterocycles. The summed E-state index contributed by atoms with van der Waals surface area (Å²) < 4.78 is 12.9. The van der Waals surface area contributed by atoms with Crippen molar-refractivity contribution in [2.24, 2.45) is 0 Å². The van der Waals surface area contributed by atoms with Crippen LogP contribution < -0.4 is 10.6 Å². The first-order valence-corrected chi connectivity index (χ1v) is 5.93.